The highest BCUT2D eigenvalue weighted by Gasteiger charge is 2.23. The molecule has 1 aliphatic rings. The zero-order chi connectivity index (χ0) is 19.9. The average Bonchev–Trinajstić information content (AvgIpc) is 2.75. The van der Waals surface area contributed by atoms with Gasteiger partial charge in [-0.1, -0.05) is 24.3 Å². The van der Waals surface area contributed by atoms with Gasteiger partial charge in [-0.25, -0.2) is 19.8 Å². The maximum Gasteiger partial charge on any atom is 0.277 e. The van der Waals surface area contributed by atoms with Gasteiger partial charge in [-0.2, -0.15) is 0 Å². The maximum atomic E-state index is 13.0. The van der Waals surface area contributed by atoms with Crippen LogP contribution < -0.4 is 10.4 Å². The highest BCUT2D eigenvalue weighted by molar-refractivity contribution is 5.92. The van der Waals surface area contributed by atoms with Crippen molar-refractivity contribution in [3.63, 3.8) is 0 Å². The molecule has 3 rings (SSSR count). The lowest BCUT2D eigenvalue weighted by Gasteiger charge is -2.37. The number of hydrogen-bond donors (Lipinski definition) is 3. The molecule has 2 heterocycles. The number of aliphatic hydroxyl groups is 1. The van der Waals surface area contributed by atoms with Crippen molar-refractivity contribution in [3.05, 3.63) is 59.7 Å². The molecule has 3 N–H and O–H groups in total. The first kappa shape index (κ1) is 19.9. The van der Waals surface area contributed by atoms with Crippen LogP contribution in [0.4, 0.5) is 10.3 Å². The summed E-state index contributed by atoms with van der Waals surface area (Å²) in [7, 11) is 0. The largest absolute Gasteiger partial charge is 0.394 e. The fourth-order valence-electron chi connectivity index (χ4n) is 3.01. The first-order valence-electron chi connectivity index (χ1n) is 8.91. The van der Waals surface area contributed by atoms with Gasteiger partial charge in [0.2, 0.25) is 5.95 Å². The molecule has 1 amide bonds. The first-order chi connectivity index (χ1) is 13.6. The van der Waals surface area contributed by atoms with Crippen LogP contribution >= 0.6 is 0 Å². The average molecular weight is 387 g/mol. The Morgan fingerprint density at radius 2 is 1.82 bits per heavy atom. The topological polar surface area (TPSA) is 102 Å². The molecule has 0 saturated carbocycles. The number of anilines is 1. The normalized spacial score (nSPS) is 16.3. The summed E-state index contributed by atoms with van der Waals surface area (Å²) < 4.78 is 13.0. The van der Waals surface area contributed by atoms with E-state index in [1.807, 2.05) is 17.1 Å². The molecule has 1 aromatic carbocycles. The number of nitrogens with one attached hydrogen (secondary N) is 1. The molecule has 0 radical (unpaired) electrons. The molecule has 0 spiro atoms. The van der Waals surface area contributed by atoms with Crippen LogP contribution in [0.5, 0.6) is 0 Å². The SMILES string of the molecule is O=C(NO)c1cnc(N2CCN(C(/C=C/c3ccc(F)cc3)CO)CC2)nc1. The molecule has 148 valence electrons. The Balaban J connectivity index is 1.57. The molecule has 2 aromatic rings. The van der Waals surface area contributed by atoms with E-state index in [4.69, 9.17) is 5.21 Å². The number of benzene rings is 1. The predicted molar refractivity (Wildman–Crippen MR) is 101 cm³/mol. The van der Waals surface area contributed by atoms with E-state index in [0.717, 1.165) is 5.56 Å². The van der Waals surface area contributed by atoms with Gasteiger partial charge >= 0.3 is 0 Å². The predicted octanol–water partition coefficient (Wildman–Crippen LogP) is 0.931. The summed E-state index contributed by atoms with van der Waals surface area (Å²) in [6.45, 7) is 2.75. The Morgan fingerprint density at radius 3 is 2.39 bits per heavy atom. The van der Waals surface area contributed by atoms with Gasteiger partial charge in [0.25, 0.3) is 5.91 Å². The third-order valence-corrected chi connectivity index (χ3v) is 4.64. The van der Waals surface area contributed by atoms with Crippen LogP contribution in [0.1, 0.15) is 15.9 Å². The number of aromatic nitrogens is 2. The van der Waals surface area contributed by atoms with Crippen molar-refractivity contribution < 1.29 is 19.5 Å². The Labute approximate surface area is 161 Å². The van der Waals surface area contributed by atoms with E-state index < -0.39 is 5.91 Å². The zero-order valence-corrected chi connectivity index (χ0v) is 15.2. The first-order valence-corrected chi connectivity index (χ1v) is 8.91. The molecule has 1 atom stereocenters. The van der Waals surface area contributed by atoms with E-state index in [9.17, 15) is 14.3 Å². The van der Waals surface area contributed by atoms with E-state index in [1.54, 1.807) is 17.6 Å². The van der Waals surface area contributed by atoms with Gasteiger partial charge in [0, 0.05) is 38.6 Å². The van der Waals surface area contributed by atoms with Gasteiger partial charge in [-0.15, -0.1) is 0 Å². The van der Waals surface area contributed by atoms with Crippen LogP contribution in [-0.2, 0) is 0 Å². The highest BCUT2D eigenvalue weighted by Crippen LogP contribution is 2.14. The highest BCUT2D eigenvalue weighted by atomic mass is 19.1. The number of carbonyl (C=O) groups excluding carboxylic acids is 1. The van der Waals surface area contributed by atoms with Gasteiger partial charge in [-0.05, 0) is 17.7 Å². The van der Waals surface area contributed by atoms with E-state index >= 15 is 0 Å². The fourth-order valence-corrected chi connectivity index (χ4v) is 3.01. The van der Waals surface area contributed by atoms with E-state index in [1.165, 1.54) is 24.5 Å². The van der Waals surface area contributed by atoms with Crippen molar-refractivity contribution in [3.8, 4) is 0 Å². The number of aliphatic hydroxyl groups excluding tert-OH is 1. The lowest BCUT2D eigenvalue weighted by molar-refractivity contribution is 0.0705. The molecule has 1 fully saturated rings. The van der Waals surface area contributed by atoms with Crippen molar-refractivity contribution in [2.24, 2.45) is 0 Å². The second-order valence-electron chi connectivity index (χ2n) is 6.40. The van der Waals surface area contributed by atoms with Crippen molar-refractivity contribution in [2.45, 2.75) is 6.04 Å². The van der Waals surface area contributed by atoms with Crippen LogP contribution in [-0.4, -0.2) is 69.9 Å². The summed E-state index contributed by atoms with van der Waals surface area (Å²) >= 11 is 0. The summed E-state index contributed by atoms with van der Waals surface area (Å²) in [5, 5.41) is 18.4. The number of hydrogen-bond acceptors (Lipinski definition) is 7. The summed E-state index contributed by atoms with van der Waals surface area (Å²) in [4.78, 5) is 23.8. The molecular formula is C19H22FN5O3. The van der Waals surface area contributed by atoms with Gasteiger partial charge in [-0.3, -0.25) is 14.9 Å². The number of nitrogens with zero attached hydrogens (tertiary/aromatic N) is 4. The molecule has 1 aromatic heterocycles. The third-order valence-electron chi connectivity index (χ3n) is 4.64. The van der Waals surface area contributed by atoms with Crippen molar-refractivity contribution >= 4 is 17.9 Å². The van der Waals surface area contributed by atoms with Crippen molar-refractivity contribution in [1.82, 2.24) is 20.3 Å². The van der Waals surface area contributed by atoms with Gasteiger partial charge in [0.15, 0.2) is 0 Å². The number of amides is 1. The molecule has 28 heavy (non-hydrogen) atoms. The van der Waals surface area contributed by atoms with Crippen LogP contribution in [0.3, 0.4) is 0 Å². The second kappa shape index (κ2) is 9.36. The van der Waals surface area contributed by atoms with Gasteiger partial charge in [0.05, 0.1) is 18.2 Å². The van der Waals surface area contributed by atoms with Crippen LogP contribution in [0.25, 0.3) is 6.08 Å². The molecule has 0 aliphatic carbocycles. The molecule has 1 aliphatic heterocycles. The number of halogens is 1. The molecule has 1 unspecified atom stereocenters. The number of hydroxylamine groups is 1. The molecule has 8 nitrogen and oxygen atoms in total. The Kier molecular flexibility index (Phi) is 6.64. The standard InChI is InChI=1S/C19H22FN5O3/c20-16-4-1-14(2-5-16)3-6-17(13-26)24-7-9-25(10-8-24)19-21-11-15(12-22-19)18(27)23-28/h1-6,11-12,17,26,28H,7-10,13H2,(H,23,27)/b6-3+. The Morgan fingerprint density at radius 1 is 1.18 bits per heavy atom. The van der Waals surface area contributed by atoms with Crippen molar-refractivity contribution in [1.29, 1.82) is 0 Å². The fraction of sp³-hybridized carbons (Fsp3) is 0.316. The molecule has 0 bridgehead atoms. The minimum absolute atomic E-state index is 0.0147. The third kappa shape index (κ3) is 4.89. The second-order valence-corrected chi connectivity index (χ2v) is 6.40. The lowest BCUT2D eigenvalue weighted by Crippen LogP contribution is -2.51. The van der Waals surface area contributed by atoms with E-state index in [2.05, 4.69) is 14.9 Å². The van der Waals surface area contributed by atoms with Gasteiger partial charge < -0.3 is 10.0 Å². The van der Waals surface area contributed by atoms with Crippen LogP contribution in [0.2, 0.25) is 0 Å². The summed E-state index contributed by atoms with van der Waals surface area (Å²) in [6.07, 6.45) is 6.52. The minimum Gasteiger partial charge on any atom is -0.394 e. The minimum atomic E-state index is -0.657. The monoisotopic (exact) mass is 387 g/mol. The van der Waals surface area contributed by atoms with Gasteiger partial charge in [0.1, 0.15) is 5.82 Å². The number of piperazine rings is 1. The maximum absolute atomic E-state index is 13.0. The number of rotatable bonds is 6. The van der Waals surface area contributed by atoms with E-state index in [-0.39, 0.29) is 24.0 Å². The lowest BCUT2D eigenvalue weighted by atomic mass is 10.1. The molecular weight excluding hydrogens is 365 g/mol. The number of carbonyl (C=O) groups is 1. The van der Waals surface area contributed by atoms with Crippen LogP contribution in [0, 0.1) is 5.82 Å². The summed E-state index contributed by atoms with van der Waals surface area (Å²) in [6, 6.07) is 6.06. The zero-order valence-electron chi connectivity index (χ0n) is 15.2. The van der Waals surface area contributed by atoms with Crippen molar-refractivity contribution in [2.75, 3.05) is 37.7 Å². The van der Waals surface area contributed by atoms with Crippen LogP contribution in [0.15, 0.2) is 42.7 Å². The Bertz CT molecular complexity index is 805. The smallest absolute Gasteiger partial charge is 0.277 e. The Hall–Kier alpha value is -2.88. The molecule has 9 heteroatoms. The molecule has 1 saturated heterocycles. The quantitative estimate of drug-likeness (QED) is 0.501. The summed E-state index contributed by atoms with van der Waals surface area (Å²) in [5.41, 5.74) is 2.59. The summed E-state index contributed by atoms with van der Waals surface area (Å²) in [5.74, 6) is -0.425. The van der Waals surface area contributed by atoms with E-state index in [0.29, 0.717) is 32.1 Å².